The van der Waals surface area contributed by atoms with Crippen molar-refractivity contribution in [3.8, 4) is 5.75 Å². The molecule has 3 N–H and O–H groups in total. The predicted molar refractivity (Wildman–Crippen MR) is 96.5 cm³/mol. The number of carbonyl (C=O) groups is 2. The van der Waals surface area contributed by atoms with Crippen LogP contribution in [0.2, 0.25) is 0 Å². The molecule has 6 nitrogen and oxygen atoms in total. The van der Waals surface area contributed by atoms with Crippen molar-refractivity contribution in [2.24, 2.45) is 0 Å². The van der Waals surface area contributed by atoms with E-state index >= 15 is 0 Å². The Morgan fingerprint density at radius 1 is 1.24 bits per heavy atom. The minimum Gasteiger partial charge on any atom is -0.495 e. The van der Waals surface area contributed by atoms with E-state index in [4.69, 9.17) is 10.5 Å². The monoisotopic (exact) mass is 339 g/mol. The summed E-state index contributed by atoms with van der Waals surface area (Å²) in [6.45, 7) is 1.40. The van der Waals surface area contributed by atoms with Gasteiger partial charge < -0.3 is 20.7 Å². The van der Waals surface area contributed by atoms with E-state index in [0.29, 0.717) is 35.7 Å². The molecular weight excluding hydrogens is 318 g/mol. The van der Waals surface area contributed by atoms with E-state index in [2.05, 4.69) is 5.32 Å². The first-order valence-corrected chi connectivity index (χ1v) is 8.18. The Balaban J connectivity index is 1.64. The van der Waals surface area contributed by atoms with Crippen LogP contribution in [0.5, 0.6) is 5.75 Å². The molecule has 0 aliphatic carbocycles. The quantitative estimate of drug-likeness (QED) is 0.820. The maximum Gasteiger partial charge on any atom is 0.255 e. The van der Waals surface area contributed by atoms with Gasteiger partial charge in [0.25, 0.3) is 5.91 Å². The Kier molecular flexibility index (Phi) is 4.88. The highest BCUT2D eigenvalue weighted by atomic mass is 16.5. The van der Waals surface area contributed by atoms with Gasteiger partial charge >= 0.3 is 0 Å². The van der Waals surface area contributed by atoms with Gasteiger partial charge in [-0.25, -0.2) is 0 Å². The number of amides is 2. The number of nitrogens with zero attached hydrogens (tertiary/aromatic N) is 1. The van der Waals surface area contributed by atoms with Gasteiger partial charge in [0.1, 0.15) is 5.75 Å². The van der Waals surface area contributed by atoms with Crippen LogP contribution in [-0.2, 0) is 11.3 Å². The standard InChI is InChI=1S/C19H21N3O3/c1-25-17-9-8-15(11-16(17)20)21-19(24)14-6-4-13(5-7-14)12-22-10-2-3-18(22)23/h4-9,11H,2-3,10,12,20H2,1H3,(H,21,24). The van der Waals surface area contributed by atoms with Crippen molar-refractivity contribution < 1.29 is 14.3 Å². The van der Waals surface area contributed by atoms with Gasteiger partial charge in [-0.05, 0) is 42.3 Å². The Bertz CT molecular complexity index is 787. The lowest BCUT2D eigenvalue weighted by Gasteiger charge is -2.15. The summed E-state index contributed by atoms with van der Waals surface area (Å²) in [4.78, 5) is 25.9. The third-order valence-electron chi connectivity index (χ3n) is 4.25. The minimum atomic E-state index is -0.214. The van der Waals surface area contributed by atoms with Crippen molar-refractivity contribution in [1.82, 2.24) is 4.90 Å². The topological polar surface area (TPSA) is 84.7 Å². The molecule has 2 amide bonds. The van der Waals surface area contributed by atoms with Crippen molar-refractivity contribution in [3.05, 3.63) is 53.6 Å². The van der Waals surface area contributed by atoms with Crippen molar-refractivity contribution in [1.29, 1.82) is 0 Å². The van der Waals surface area contributed by atoms with Crippen molar-refractivity contribution in [2.75, 3.05) is 24.7 Å². The van der Waals surface area contributed by atoms with E-state index in [9.17, 15) is 9.59 Å². The highest BCUT2D eigenvalue weighted by Crippen LogP contribution is 2.25. The lowest BCUT2D eigenvalue weighted by molar-refractivity contribution is -0.128. The fourth-order valence-electron chi connectivity index (χ4n) is 2.87. The lowest BCUT2D eigenvalue weighted by Crippen LogP contribution is -2.23. The van der Waals surface area contributed by atoms with Crippen LogP contribution in [0.4, 0.5) is 11.4 Å². The van der Waals surface area contributed by atoms with E-state index in [1.807, 2.05) is 17.0 Å². The van der Waals surface area contributed by atoms with Crippen LogP contribution in [0.15, 0.2) is 42.5 Å². The summed E-state index contributed by atoms with van der Waals surface area (Å²) in [5.74, 6) is 0.547. The van der Waals surface area contributed by atoms with Crippen molar-refractivity contribution in [2.45, 2.75) is 19.4 Å². The number of hydrogen-bond donors (Lipinski definition) is 2. The Hall–Kier alpha value is -3.02. The maximum atomic E-state index is 12.3. The SMILES string of the molecule is COc1ccc(NC(=O)c2ccc(CN3CCCC3=O)cc2)cc1N. The van der Waals surface area contributed by atoms with Crippen LogP contribution < -0.4 is 15.8 Å². The van der Waals surface area contributed by atoms with Crippen LogP contribution in [0, 0.1) is 0 Å². The number of ether oxygens (including phenoxy) is 1. The van der Waals surface area contributed by atoms with E-state index in [1.54, 1.807) is 37.4 Å². The molecule has 1 aliphatic heterocycles. The van der Waals surface area contributed by atoms with Crippen molar-refractivity contribution >= 4 is 23.2 Å². The lowest BCUT2D eigenvalue weighted by atomic mass is 10.1. The Morgan fingerprint density at radius 2 is 2.00 bits per heavy atom. The number of carbonyl (C=O) groups excluding carboxylic acids is 2. The van der Waals surface area contributed by atoms with Crippen LogP contribution in [0.1, 0.15) is 28.8 Å². The highest BCUT2D eigenvalue weighted by molar-refractivity contribution is 6.04. The molecule has 1 fully saturated rings. The van der Waals surface area contributed by atoms with Gasteiger partial charge in [-0.15, -0.1) is 0 Å². The van der Waals surface area contributed by atoms with E-state index in [0.717, 1.165) is 18.5 Å². The second-order valence-electron chi connectivity index (χ2n) is 6.03. The molecule has 1 saturated heterocycles. The zero-order valence-corrected chi connectivity index (χ0v) is 14.1. The number of likely N-dealkylation sites (tertiary alicyclic amines) is 1. The van der Waals surface area contributed by atoms with Crippen LogP contribution in [0.25, 0.3) is 0 Å². The van der Waals surface area contributed by atoms with Crippen molar-refractivity contribution in [3.63, 3.8) is 0 Å². The van der Waals surface area contributed by atoms with Gasteiger partial charge in [-0.2, -0.15) is 0 Å². The summed E-state index contributed by atoms with van der Waals surface area (Å²) in [7, 11) is 1.54. The fourth-order valence-corrected chi connectivity index (χ4v) is 2.87. The smallest absolute Gasteiger partial charge is 0.255 e. The predicted octanol–water partition coefficient (Wildman–Crippen LogP) is 2.65. The van der Waals surface area contributed by atoms with Gasteiger partial charge in [0.15, 0.2) is 0 Å². The first kappa shape index (κ1) is 16.8. The van der Waals surface area contributed by atoms with E-state index < -0.39 is 0 Å². The number of nitrogen functional groups attached to an aromatic ring is 1. The molecule has 130 valence electrons. The van der Waals surface area contributed by atoms with Gasteiger partial charge in [0.2, 0.25) is 5.91 Å². The molecule has 2 aromatic rings. The molecular formula is C19H21N3O3. The molecule has 2 aromatic carbocycles. The van der Waals surface area contributed by atoms with Gasteiger partial charge in [-0.1, -0.05) is 12.1 Å². The largest absolute Gasteiger partial charge is 0.495 e. The number of benzene rings is 2. The second kappa shape index (κ2) is 7.25. The molecule has 0 radical (unpaired) electrons. The molecule has 1 aliphatic rings. The molecule has 25 heavy (non-hydrogen) atoms. The van der Waals surface area contributed by atoms with Crippen LogP contribution in [0.3, 0.4) is 0 Å². The van der Waals surface area contributed by atoms with Gasteiger partial charge in [0.05, 0.1) is 12.8 Å². The number of anilines is 2. The highest BCUT2D eigenvalue weighted by Gasteiger charge is 2.20. The minimum absolute atomic E-state index is 0.193. The molecule has 6 heteroatoms. The summed E-state index contributed by atoms with van der Waals surface area (Å²) in [6.07, 6.45) is 1.55. The third kappa shape index (κ3) is 3.91. The van der Waals surface area contributed by atoms with Crippen LogP contribution in [-0.4, -0.2) is 30.4 Å². The molecule has 0 unspecified atom stereocenters. The zero-order chi connectivity index (χ0) is 17.8. The maximum absolute atomic E-state index is 12.3. The number of nitrogens with two attached hydrogens (primary N) is 1. The molecule has 1 heterocycles. The average molecular weight is 339 g/mol. The molecule has 0 spiro atoms. The summed E-state index contributed by atoms with van der Waals surface area (Å²) >= 11 is 0. The number of hydrogen-bond acceptors (Lipinski definition) is 4. The number of methoxy groups -OCH3 is 1. The van der Waals surface area contributed by atoms with Crippen LogP contribution >= 0.6 is 0 Å². The Labute approximate surface area is 146 Å². The first-order chi connectivity index (χ1) is 12.1. The molecule has 3 rings (SSSR count). The molecule has 0 saturated carbocycles. The number of nitrogens with one attached hydrogen (secondary N) is 1. The van der Waals surface area contributed by atoms with Gasteiger partial charge in [-0.3, -0.25) is 9.59 Å². The molecule has 0 bridgehead atoms. The summed E-state index contributed by atoms with van der Waals surface area (Å²) in [6, 6.07) is 12.4. The van der Waals surface area contributed by atoms with Gasteiger partial charge in [0, 0.05) is 30.8 Å². The summed E-state index contributed by atoms with van der Waals surface area (Å²) in [5, 5.41) is 2.81. The van der Waals surface area contributed by atoms with E-state index in [-0.39, 0.29) is 11.8 Å². The normalized spacial score (nSPS) is 13.8. The molecule has 0 atom stereocenters. The summed E-state index contributed by atoms with van der Waals surface area (Å²) in [5.41, 5.74) is 8.48. The second-order valence-corrected chi connectivity index (χ2v) is 6.03. The van der Waals surface area contributed by atoms with E-state index in [1.165, 1.54) is 0 Å². The molecule has 0 aromatic heterocycles. The number of rotatable bonds is 5. The average Bonchev–Trinajstić information content (AvgIpc) is 3.00. The Morgan fingerprint density at radius 3 is 2.60 bits per heavy atom. The third-order valence-corrected chi connectivity index (χ3v) is 4.25. The summed E-state index contributed by atoms with van der Waals surface area (Å²) < 4.78 is 5.10. The first-order valence-electron chi connectivity index (χ1n) is 8.18. The fraction of sp³-hybridized carbons (Fsp3) is 0.263. The zero-order valence-electron chi connectivity index (χ0n) is 14.1.